The molecule has 0 saturated heterocycles. The number of hydrogen-bond donors (Lipinski definition) is 2. The van der Waals surface area contributed by atoms with E-state index in [1.165, 1.54) is 0 Å². The molecule has 2 N–H and O–H groups in total. The largest absolute Gasteiger partial charge is 0.347 e. The Hall–Kier alpha value is -1.62. The maximum absolute atomic E-state index is 11.8. The van der Waals surface area contributed by atoms with E-state index in [4.69, 9.17) is 0 Å². The minimum Gasteiger partial charge on any atom is -0.347 e. The van der Waals surface area contributed by atoms with Crippen molar-refractivity contribution in [2.24, 2.45) is 0 Å². The van der Waals surface area contributed by atoms with Gasteiger partial charge in [0.15, 0.2) is 0 Å². The number of benzene rings is 1. The number of H-pyrrole nitrogens is 1. The van der Waals surface area contributed by atoms with Crippen LogP contribution >= 0.6 is 15.9 Å². The molecule has 0 saturated carbocycles. The summed E-state index contributed by atoms with van der Waals surface area (Å²) in [4.78, 5) is 18.7. The molecule has 2 aromatic rings. The fraction of sp³-hybridized carbons (Fsp3) is 0.167. The average Bonchev–Trinajstić information content (AvgIpc) is 2.89. The number of rotatable bonds is 4. The summed E-state index contributed by atoms with van der Waals surface area (Å²) in [6, 6.07) is 7.48. The van der Waals surface area contributed by atoms with Crippen molar-refractivity contribution in [3.63, 3.8) is 0 Å². The van der Waals surface area contributed by atoms with Crippen LogP contribution in [0.25, 0.3) is 0 Å². The standard InChI is InChI=1S/C12H12BrN3O/c13-7-9-1-3-10(4-2-9)12(17)16-8-11-14-5-6-15-11/h1-6H,7-8H2,(H,14,15)(H,16,17). The Morgan fingerprint density at radius 3 is 2.71 bits per heavy atom. The monoisotopic (exact) mass is 293 g/mol. The van der Waals surface area contributed by atoms with E-state index in [-0.39, 0.29) is 5.91 Å². The highest BCUT2D eigenvalue weighted by Crippen LogP contribution is 2.07. The number of nitrogens with one attached hydrogen (secondary N) is 2. The average molecular weight is 294 g/mol. The second-order valence-electron chi connectivity index (χ2n) is 3.55. The molecule has 17 heavy (non-hydrogen) atoms. The van der Waals surface area contributed by atoms with Gasteiger partial charge in [-0.3, -0.25) is 4.79 Å². The van der Waals surface area contributed by atoms with E-state index < -0.39 is 0 Å². The van der Waals surface area contributed by atoms with Crippen molar-refractivity contribution < 1.29 is 4.79 Å². The molecular weight excluding hydrogens is 282 g/mol. The molecule has 0 aliphatic heterocycles. The topological polar surface area (TPSA) is 57.8 Å². The van der Waals surface area contributed by atoms with Crippen LogP contribution in [-0.4, -0.2) is 15.9 Å². The van der Waals surface area contributed by atoms with Crippen LogP contribution in [0.5, 0.6) is 0 Å². The van der Waals surface area contributed by atoms with Gasteiger partial charge >= 0.3 is 0 Å². The van der Waals surface area contributed by atoms with E-state index in [1.54, 1.807) is 12.4 Å². The van der Waals surface area contributed by atoms with Crippen LogP contribution in [-0.2, 0) is 11.9 Å². The molecule has 1 amide bonds. The highest BCUT2D eigenvalue weighted by Gasteiger charge is 2.05. The molecule has 0 bridgehead atoms. The highest BCUT2D eigenvalue weighted by atomic mass is 79.9. The summed E-state index contributed by atoms with van der Waals surface area (Å²) in [5, 5.41) is 3.59. The lowest BCUT2D eigenvalue weighted by atomic mass is 10.1. The Balaban J connectivity index is 1.95. The lowest BCUT2D eigenvalue weighted by molar-refractivity contribution is 0.0950. The first-order chi connectivity index (χ1) is 8.29. The Kier molecular flexibility index (Phi) is 3.93. The van der Waals surface area contributed by atoms with Crippen molar-refractivity contribution >= 4 is 21.8 Å². The molecule has 0 unspecified atom stereocenters. The third kappa shape index (κ3) is 3.17. The van der Waals surface area contributed by atoms with Gasteiger partial charge < -0.3 is 10.3 Å². The molecule has 1 heterocycles. The van der Waals surface area contributed by atoms with Gasteiger partial charge in [-0.05, 0) is 17.7 Å². The molecule has 4 nitrogen and oxygen atoms in total. The van der Waals surface area contributed by atoms with Gasteiger partial charge in [-0.25, -0.2) is 4.98 Å². The van der Waals surface area contributed by atoms with Crippen LogP contribution in [0.4, 0.5) is 0 Å². The maximum Gasteiger partial charge on any atom is 0.251 e. The Morgan fingerprint density at radius 2 is 2.12 bits per heavy atom. The van der Waals surface area contributed by atoms with Crippen LogP contribution in [0, 0.1) is 0 Å². The van der Waals surface area contributed by atoms with Crippen LogP contribution in [0.3, 0.4) is 0 Å². The molecule has 5 heteroatoms. The van der Waals surface area contributed by atoms with Crippen molar-refractivity contribution in [2.75, 3.05) is 0 Å². The molecule has 0 aliphatic carbocycles. The third-order valence-corrected chi connectivity index (χ3v) is 2.99. The number of aromatic amines is 1. The first-order valence-corrected chi connectivity index (χ1v) is 6.33. The molecule has 88 valence electrons. The SMILES string of the molecule is O=C(NCc1ncc[nH]1)c1ccc(CBr)cc1. The van der Waals surface area contributed by atoms with Gasteiger partial charge in [0.2, 0.25) is 0 Å². The molecule has 0 aliphatic rings. The van der Waals surface area contributed by atoms with Crippen molar-refractivity contribution in [2.45, 2.75) is 11.9 Å². The lowest BCUT2D eigenvalue weighted by Crippen LogP contribution is -2.23. The number of nitrogens with zero attached hydrogens (tertiary/aromatic N) is 1. The molecule has 2 rings (SSSR count). The lowest BCUT2D eigenvalue weighted by Gasteiger charge is -2.04. The van der Waals surface area contributed by atoms with Gasteiger partial charge in [0, 0.05) is 23.3 Å². The maximum atomic E-state index is 11.8. The summed E-state index contributed by atoms with van der Waals surface area (Å²) in [5.74, 6) is 0.651. The Morgan fingerprint density at radius 1 is 1.35 bits per heavy atom. The quantitative estimate of drug-likeness (QED) is 0.850. The first-order valence-electron chi connectivity index (χ1n) is 5.21. The summed E-state index contributed by atoms with van der Waals surface area (Å²) in [5.41, 5.74) is 1.80. The van der Waals surface area contributed by atoms with Crippen molar-refractivity contribution in [1.82, 2.24) is 15.3 Å². The molecule has 1 aromatic heterocycles. The molecule has 0 atom stereocenters. The number of imidazole rings is 1. The number of carbonyl (C=O) groups is 1. The number of alkyl halides is 1. The van der Waals surface area contributed by atoms with Gasteiger partial charge in [-0.1, -0.05) is 28.1 Å². The van der Waals surface area contributed by atoms with E-state index in [0.717, 1.165) is 16.7 Å². The summed E-state index contributed by atoms with van der Waals surface area (Å²) in [6.07, 6.45) is 3.39. The fourth-order valence-corrected chi connectivity index (χ4v) is 1.78. The number of halogens is 1. The second-order valence-corrected chi connectivity index (χ2v) is 4.11. The van der Waals surface area contributed by atoms with Crippen molar-refractivity contribution in [3.05, 3.63) is 53.6 Å². The van der Waals surface area contributed by atoms with Gasteiger partial charge in [0.25, 0.3) is 5.91 Å². The van der Waals surface area contributed by atoms with Crippen molar-refractivity contribution in [1.29, 1.82) is 0 Å². The number of amides is 1. The summed E-state index contributed by atoms with van der Waals surface area (Å²) >= 11 is 3.36. The summed E-state index contributed by atoms with van der Waals surface area (Å²) in [6.45, 7) is 0.409. The predicted molar refractivity (Wildman–Crippen MR) is 68.8 cm³/mol. The zero-order chi connectivity index (χ0) is 12.1. The zero-order valence-electron chi connectivity index (χ0n) is 9.11. The second kappa shape index (κ2) is 5.63. The van der Waals surface area contributed by atoms with E-state index in [2.05, 4.69) is 31.2 Å². The molecular formula is C12H12BrN3O. The number of aromatic nitrogens is 2. The van der Waals surface area contributed by atoms with E-state index >= 15 is 0 Å². The third-order valence-electron chi connectivity index (χ3n) is 2.34. The van der Waals surface area contributed by atoms with Crippen LogP contribution < -0.4 is 5.32 Å². The normalized spacial score (nSPS) is 10.2. The highest BCUT2D eigenvalue weighted by molar-refractivity contribution is 9.08. The zero-order valence-corrected chi connectivity index (χ0v) is 10.7. The van der Waals surface area contributed by atoms with Gasteiger partial charge in [0.1, 0.15) is 5.82 Å². The van der Waals surface area contributed by atoms with Crippen molar-refractivity contribution in [3.8, 4) is 0 Å². The van der Waals surface area contributed by atoms with Crippen LogP contribution in [0.2, 0.25) is 0 Å². The van der Waals surface area contributed by atoms with E-state index in [0.29, 0.717) is 12.1 Å². The summed E-state index contributed by atoms with van der Waals surface area (Å²) < 4.78 is 0. The van der Waals surface area contributed by atoms with Gasteiger partial charge in [0.05, 0.1) is 6.54 Å². The molecule has 1 aromatic carbocycles. The summed E-state index contributed by atoms with van der Waals surface area (Å²) in [7, 11) is 0. The molecule has 0 fully saturated rings. The number of carbonyl (C=O) groups excluding carboxylic acids is 1. The smallest absolute Gasteiger partial charge is 0.251 e. The minimum atomic E-state index is -0.0949. The Bertz CT molecular complexity index is 479. The van der Waals surface area contributed by atoms with Crippen LogP contribution in [0.1, 0.15) is 21.7 Å². The van der Waals surface area contributed by atoms with Gasteiger partial charge in [-0.15, -0.1) is 0 Å². The number of hydrogen-bond acceptors (Lipinski definition) is 2. The predicted octanol–water partition coefficient (Wildman–Crippen LogP) is 2.23. The van der Waals surface area contributed by atoms with E-state index in [1.807, 2.05) is 24.3 Å². The minimum absolute atomic E-state index is 0.0949. The molecule has 0 spiro atoms. The fourth-order valence-electron chi connectivity index (χ4n) is 1.41. The van der Waals surface area contributed by atoms with E-state index in [9.17, 15) is 4.79 Å². The van der Waals surface area contributed by atoms with Crippen LogP contribution in [0.15, 0.2) is 36.7 Å². The molecule has 0 radical (unpaired) electrons. The first kappa shape index (κ1) is 11.9. The Labute approximate surface area is 108 Å². The van der Waals surface area contributed by atoms with Gasteiger partial charge in [-0.2, -0.15) is 0 Å².